The predicted molar refractivity (Wildman–Crippen MR) is 67.1 cm³/mol. The highest BCUT2D eigenvalue weighted by Gasteiger charge is 2.29. The summed E-state index contributed by atoms with van der Waals surface area (Å²) in [6, 6.07) is 8.13. The smallest absolute Gasteiger partial charge is 0.184 e. The summed E-state index contributed by atoms with van der Waals surface area (Å²) >= 11 is 1.81. The maximum absolute atomic E-state index is 12.2. The van der Waals surface area contributed by atoms with Crippen molar-refractivity contribution < 1.29 is 4.79 Å². The number of ketones is 1. The van der Waals surface area contributed by atoms with Gasteiger partial charge >= 0.3 is 0 Å². The maximum atomic E-state index is 12.2. The summed E-state index contributed by atoms with van der Waals surface area (Å²) in [5.41, 5.74) is 1.90. The molecule has 2 heterocycles. The largest absolute Gasteiger partial charge is 0.351 e. The number of hydrogen-bond donors (Lipinski definition) is 1. The Morgan fingerprint density at radius 2 is 2.25 bits per heavy atom. The van der Waals surface area contributed by atoms with Gasteiger partial charge in [-0.25, -0.2) is 0 Å². The molecule has 1 aromatic carbocycles. The topological polar surface area (TPSA) is 32.9 Å². The zero-order valence-electron chi connectivity index (χ0n) is 9.12. The fourth-order valence-electron chi connectivity index (χ4n) is 2.21. The van der Waals surface area contributed by atoms with E-state index in [2.05, 4.69) is 18.0 Å². The molecule has 0 spiro atoms. The van der Waals surface area contributed by atoms with Crippen molar-refractivity contribution >= 4 is 28.4 Å². The number of hydrogen-bond acceptors (Lipinski definition) is 2. The number of carbonyl (C=O) groups excluding carboxylic acids is 1. The fraction of sp³-hybridized carbons (Fsp3) is 0.308. The van der Waals surface area contributed by atoms with Crippen LogP contribution in [-0.2, 0) is 0 Å². The SMILES string of the molecule is CCC1CSc2c([nH]c3ccccc23)C1=O. The molecular weight excluding hydrogens is 218 g/mol. The van der Waals surface area contributed by atoms with Crippen molar-refractivity contribution in [1.82, 2.24) is 4.98 Å². The van der Waals surface area contributed by atoms with Gasteiger partial charge in [0, 0.05) is 27.5 Å². The number of fused-ring (bicyclic) bond motifs is 3. The molecule has 0 aliphatic carbocycles. The van der Waals surface area contributed by atoms with Crippen LogP contribution in [-0.4, -0.2) is 16.5 Å². The van der Waals surface area contributed by atoms with Crippen molar-refractivity contribution in [3.63, 3.8) is 0 Å². The molecule has 0 saturated carbocycles. The second kappa shape index (κ2) is 3.67. The zero-order valence-corrected chi connectivity index (χ0v) is 9.93. The van der Waals surface area contributed by atoms with E-state index in [0.29, 0.717) is 0 Å². The lowest BCUT2D eigenvalue weighted by Crippen LogP contribution is -2.21. The van der Waals surface area contributed by atoms with Gasteiger partial charge in [-0.05, 0) is 12.5 Å². The van der Waals surface area contributed by atoms with Crippen molar-refractivity contribution in [2.75, 3.05) is 5.75 Å². The van der Waals surface area contributed by atoms with Gasteiger partial charge < -0.3 is 4.98 Å². The number of para-hydroxylation sites is 1. The molecule has 1 unspecified atom stereocenters. The van der Waals surface area contributed by atoms with Crippen LogP contribution in [0.2, 0.25) is 0 Å². The molecule has 0 saturated heterocycles. The lowest BCUT2D eigenvalue weighted by atomic mass is 10.0. The minimum absolute atomic E-state index is 0.186. The number of Topliss-reactive ketones (excluding diaryl/α,β-unsaturated/α-hetero) is 1. The molecule has 82 valence electrons. The Morgan fingerprint density at radius 3 is 3.06 bits per heavy atom. The number of aromatic nitrogens is 1. The van der Waals surface area contributed by atoms with Gasteiger partial charge in [-0.1, -0.05) is 25.1 Å². The lowest BCUT2D eigenvalue weighted by molar-refractivity contribution is 0.0920. The van der Waals surface area contributed by atoms with Crippen LogP contribution in [0, 0.1) is 5.92 Å². The average molecular weight is 231 g/mol. The number of aromatic amines is 1. The molecule has 0 fully saturated rings. The quantitative estimate of drug-likeness (QED) is 0.815. The first-order chi connectivity index (χ1) is 7.81. The van der Waals surface area contributed by atoms with E-state index in [-0.39, 0.29) is 11.7 Å². The van der Waals surface area contributed by atoms with E-state index in [1.165, 1.54) is 5.39 Å². The highest BCUT2D eigenvalue weighted by atomic mass is 32.2. The third kappa shape index (κ3) is 1.31. The first-order valence-corrected chi connectivity index (χ1v) is 6.57. The molecule has 3 rings (SSSR count). The van der Waals surface area contributed by atoms with Gasteiger partial charge in [0.25, 0.3) is 0 Å². The predicted octanol–water partition coefficient (Wildman–Crippen LogP) is 3.48. The summed E-state index contributed by atoms with van der Waals surface area (Å²) < 4.78 is 0. The summed E-state index contributed by atoms with van der Waals surface area (Å²) in [5.74, 6) is 1.39. The minimum atomic E-state index is 0.186. The van der Waals surface area contributed by atoms with E-state index < -0.39 is 0 Å². The minimum Gasteiger partial charge on any atom is -0.351 e. The molecule has 0 radical (unpaired) electrons. The number of benzene rings is 1. The molecule has 0 amide bonds. The van der Waals surface area contributed by atoms with Gasteiger partial charge in [0.15, 0.2) is 5.78 Å². The highest BCUT2D eigenvalue weighted by molar-refractivity contribution is 7.99. The number of nitrogens with one attached hydrogen (secondary N) is 1. The van der Waals surface area contributed by atoms with Crippen molar-refractivity contribution in [3.05, 3.63) is 30.0 Å². The van der Waals surface area contributed by atoms with Crippen molar-refractivity contribution in [3.8, 4) is 0 Å². The van der Waals surface area contributed by atoms with E-state index in [9.17, 15) is 4.79 Å². The summed E-state index contributed by atoms with van der Waals surface area (Å²) in [6.07, 6.45) is 0.931. The molecule has 1 aromatic heterocycles. The Balaban J connectivity index is 2.21. The third-order valence-electron chi connectivity index (χ3n) is 3.20. The lowest BCUT2D eigenvalue weighted by Gasteiger charge is -2.18. The van der Waals surface area contributed by atoms with Gasteiger partial charge in [-0.15, -0.1) is 11.8 Å². The van der Waals surface area contributed by atoms with E-state index in [1.54, 1.807) is 0 Å². The normalized spacial score (nSPS) is 20.1. The molecule has 1 atom stereocenters. The molecule has 1 aliphatic rings. The molecule has 0 bridgehead atoms. The Hall–Kier alpha value is -1.22. The monoisotopic (exact) mass is 231 g/mol. The Labute approximate surface area is 98.4 Å². The van der Waals surface area contributed by atoms with Gasteiger partial charge in [0.2, 0.25) is 0 Å². The van der Waals surface area contributed by atoms with Crippen LogP contribution in [0.4, 0.5) is 0 Å². The van der Waals surface area contributed by atoms with Crippen molar-refractivity contribution in [1.29, 1.82) is 0 Å². The zero-order chi connectivity index (χ0) is 11.1. The van der Waals surface area contributed by atoms with Crippen molar-refractivity contribution in [2.24, 2.45) is 5.92 Å². The second-order valence-corrected chi connectivity index (χ2v) is 5.19. The van der Waals surface area contributed by atoms with Crippen LogP contribution in [0.3, 0.4) is 0 Å². The fourth-order valence-corrected chi connectivity index (χ4v) is 3.59. The Kier molecular flexibility index (Phi) is 2.28. The standard InChI is InChI=1S/C13H13NOS/c1-2-8-7-16-13-9-5-3-4-6-10(9)14-11(13)12(8)15/h3-6,8,14H,2,7H2,1H3. The molecule has 1 aliphatic heterocycles. The molecule has 3 heteroatoms. The van der Waals surface area contributed by atoms with Crippen LogP contribution < -0.4 is 0 Å². The highest BCUT2D eigenvalue weighted by Crippen LogP contribution is 2.38. The van der Waals surface area contributed by atoms with Crippen LogP contribution in [0.15, 0.2) is 29.2 Å². The average Bonchev–Trinajstić information content (AvgIpc) is 2.69. The molecular formula is C13H13NOS. The Bertz CT molecular complexity index is 558. The molecule has 2 aromatic rings. The van der Waals surface area contributed by atoms with Crippen LogP contribution in [0.25, 0.3) is 10.9 Å². The number of carbonyl (C=O) groups is 1. The first-order valence-electron chi connectivity index (χ1n) is 5.59. The van der Waals surface area contributed by atoms with Gasteiger partial charge in [0.05, 0.1) is 5.69 Å². The summed E-state index contributed by atoms with van der Waals surface area (Å²) in [7, 11) is 0. The summed E-state index contributed by atoms with van der Waals surface area (Å²) in [4.78, 5) is 16.6. The number of thioether (sulfide) groups is 1. The first kappa shape index (κ1) is 9.97. The van der Waals surface area contributed by atoms with E-state index >= 15 is 0 Å². The third-order valence-corrected chi connectivity index (χ3v) is 4.48. The number of H-pyrrole nitrogens is 1. The van der Waals surface area contributed by atoms with E-state index in [1.807, 2.05) is 30.0 Å². The van der Waals surface area contributed by atoms with Crippen LogP contribution in [0.1, 0.15) is 23.8 Å². The molecule has 2 nitrogen and oxygen atoms in total. The van der Waals surface area contributed by atoms with E-state index in [4.69, 9.17) is 0 Å². The van der Waals surface area contributed by atoms with Crippen LogP contribution in [0.5, 0.6) is 0 Å². The maximum Gasteiger partial charge on any atom is 0.184 e. The van der Waals surface area contributed by atoms with Gasteiger partial charge in [-0.2, -0.15) is 0 Å². The molecule has 16 heavy (non-hydrogen) atoms. The van der Waals surface area contributed by atoms with Gasteiger partial charge in [0.1, 0.15) is 0 Å². The number of rotatable bonds is 1. The Morgan fingerprint density at radius 1 is 1.44 bits per heavy atom. The summed E-state index contributed by atoms with van der Waals surface area (Å²) in [5, 5.41) is 1.19. The van der Waals surface area contributed by atoms with E-state index in [0.717, 1.165) is 28.3 Å². The second-order valence-electron chi connectivity index (χ2n) is 4.16. The van der Waals surface area contributed by atoms with Crippen LogP contribution >= 0.6 is 11.8 Å². The van der Waals surface area contributed by atoms with Gasteiger partial charge in [-0.3, -0.25) is 4.79 Å². The van der Waals surface area contributed by atoms with Crippen molar-refractivity contribution in [2.45, 2.75) is 18.2 Å². The molecule has 1 N–H and O–H groups in total. The summed E-state index contributed by atoms with van der Waals surface area (Å²) in [6.45, 7) is 2.08.